The summed E-state index contributed by atoms with van der Waals surface area (Å²) in [4.78, 5) is 10.9. The number of nitrogens with one attached hydrogen (secondary N) is 1. The highest BCUT2D eigenvalue weighted by atomic mass is 32.2. The van der Waals surface area contributed by atoms with Crippen LogP contribution in [0.2, 0.25) is 0 Å². The van der Waals surface area contributed by atoms with Crippen molar-refractivity contribution in [3.8, 4) is 0 Å². The molecule has 2 aromatic carbocycles. The lowest BCUT2D eigenvalue weighted by Crippen LogP contribution is -2.14. The zero-order valence-corrected chi connectivity index (χ0v) is 12.0. The van der Waals surface area contributed by atoms with Crippen LogP contribution in [0.5, 0.6) is 0 Å². The maximum Gasteiger partial charge on any atom is 0.335 e. The Kier molecular flexibility index (Phi) is 3.86. The molecule has 0 unspecified atom stereocenters. The largest absolute Gasteiger partial charge is 0.478 e. The van der Waals surface area contributed by atoms with E-state index in [0.29, 0.717) is 0 Å². The molecular weight excluding hydrogens is 292 g/mol. The fraction of sp³-hybridized carbons (Fsp3) is 0.0714. The number of rotatable bonds is 4. The fourth-order valence-electron chi connectivity index (χ4n) is 1.71. The molecule has 0 saturated carbocycles. The molecule has 0 amide bonds. The molecule has 0 aliphatic heterocycles. The van der Waals surface area contributed by atoms with E-state index in [4.69, 9.17) is 10.8 Å². The number of carbonyl (C=O) groups is 1. The van der Waals surface area contributed by atoms with E-state index in [1.807, 2.05) is 6.92 Å². The second-order valence-electron chi connectivity index (χ2n) is 4.53. The Balaban J connectivity index is 2.32. The van der Waals surface area contributed by atoms with Crippen molar-refractivity contribution >= 4 is 27.4 Å². The molecule has 7 heteroatoms. The van der Waals surface area contributed by atoms with E-state index in [9.17, 15) is 13.2 Å². The molecule has 0 aliphatic carbocycles. The lowest BCUT2D eigenvalue weighted by atomic mass is 10.2. The Bertz CT molecular complexity index is 783. The first-order chi connectivity index (χ1) is 9.79. The molecule has 0 saturated heterocycles. The van der Waals surface area contributed by atoms with E-state index in [-0.39, 0.29) is 21.8 Å². The molecule has 4 N–H and O–H groups in total. The lowest BCUT2D eigenvalue weighted by molar-refractivity contribution is 0.0697. The second kappa shape index (κ2) is 5.45. The SMILES string of the molecule is Cc1ccc(S(=O)(=O)Nc2ccc(C(=O)O)cc2N)cc1. The summed E-state index contributed by atoms with van der Waals surface area (Å²) in [6, 6.07) is 10.2. The molecule has 0 aliphatic rings. The van der Waals surface area contributed by atoms with E-state index in [0.717, 1.165) is 5.56 Å². The van der Waals surface area contributed by atoms with Crippen molar-refractivity contribution in [1.29, 1.82) is 0 Å². The van der Waals surface area contributed by atoms with Crippen molar-refractivity contribution in [2.75, 3.05) is 10.5 Å². The Labute approximate surface area is 122 Å². The minimum absolute atomic E-state index is 0.00853. The standard InChI is InChI=1S/C14H14N2O4S/c1-9-2-5-11(6-3-9)21(19,20)16-13-7-4-10(14(17)18)8-12(13)15/h2-8,16H,15H2,1H3,(H,17,18). The molecule has 0 heterocycles. The number of sulfonamides is 1. The van der Waals surface area contributed by atoms with Crippen LogP contribution < -0.4 is 10.5 Å². The van der Waals surface area contributed by atoms with Crippen LogP contribution in [-0.4, -0.2) is 19.5 Å². The topological polar surface area (TPSA) is 109 Å². The van der Waals surface area contributed by atoms with Gasteiger partial charge in [0.15, 0.2) is 0 Å². The van der Waals surface area contributed by atoms with Gasteiger partial charge >= 0.3 is 5.97 Å². The third-order valence-electron chi connectivity index (χ3n) is 2.87. The van der Waals surface area contributed by atoms with E-state index >= 15 is 0 Å². The molecule has 0 bridgehead atoms. The summed E-state index contributed by atoms with van der Waals surface area (Å²) in [6.07, 6.45) is 0. The molecule has 2 aromatic rings. The maximum absolute atomic E-state index is 12.2. The number of carboxylic acid groups (broad SMARTS) is 1. The quantitative estimate of drug-likeness (QED) is 0.749. The van der Waals surface area contributed by atoms with Crippen LogP contribution in [0, 0.1) is 6.92 Å². The average Bonchev–Trinajstić information content (AvgIpc) is 2.41. The molecule has 0 aromatic heterocycles. The highest BCUT2D eigenvalue weighted by Gasteiger charge is 2.16. The number of aryl methyl sites for hydroxylation is 1. The first-order valence-corrected chi connectivity index (χ1v) is 7.50. The third kappa shape index (κ3) is 3.32. The molecule has 2 rings (SSSR count). The van der Waals surface area contributed by atoms with Gasteiger partial charge in [-0.1, -0.05) is 17.7 Å². The number of nitrogen functional groups attached to an aromatic ring is 1. The monoisotopic (exact) mass is 306 g/mol. The zero-order chi connectivity index (χ0) is 15.6. The first-order valence-electron chi connectivity index (χ1n) is 6.02. The average molecular weight is 306 g/mol. The summed E-state index contributed by atoms with van der Waals surface area (Å²) in [6.45, 7) is 1.85. The summed E-state index contributed by atoms with van der Waals surface area (Å²) >= 11 is 0. The summed E-state index contributed by atoms with van der Waals surface area (Å²) in [5.74, 6) is -1.13. The van der Waals surface area contributed by atoms with Crippen molar-refractivity contribution < 1.29 is 18.3 Å². The normalized spacial score (nSPS) is 11.1. The van der Waals surface area contributed by atoms with E-state index in [1.54, 1.807) is 12.1 Å². The van der Waals surface area contributed by atoms with Gasteiger partial charge < -0.3 is 10.8 Å². The van der Waals surface area contributed by atoms with Gasteiger partial charge in [0.1, 0.15) is 0 Å². The number of hydrogen-bond acceptors (Lipinski definition) is 4. The number of benzene rings is 2. The molecular formula is C14H14N2O4S. The van der Waals surface area contributed by atoms with Crippen molar-refractivity contribution in [2.45, 2.75) is 11.8 Å². The number of carboxylic acids is 1. The Morgan fingerprint density at radius 2 is 1.76 bits per heavy atom. The van der Waals surface area contributed by atoms with Crippen LogP contribution >= 0.6 is 0 Å². The van der Waals surface area contributed by atoms with Gasteiger partial charge in [0.05, 0.1) is 21.8 Å². The van der Waals surface area contributed by atoms with Gasteiger partial charge in [-0.3, -0.25) is 4.72 Å². The van der Waals surface area contributed by atoms with Crippen LogP contribution in [0.15, 0.2) is 47.4 Å². The van der Waals surface area contributed by atoms with E-state index in [2.05, 4.69) is 4.72 Å². The van der Waals surface area contributed by atoms with Crippen molar-refractivity contribution in [3.63, 3.8) is 0 Å². The van der Waals surface area contributed by atoms with Gasteiger partial charge in [0.25, 0.3) is 10.0 Å². The van der Waals surface area contributed by atoms with Gasteiger partial charge in [0, 0.05) is 0 Å². The van der Waals surface area contributed by atoms with Gasteiger partial charge in [-0.2, -0.15) is 0 Å². The third-order valence-corrected chi connectivity index (χ3v) is 4.26. The van der Waals surface area contributed by atoms with E-state index < -0.39 is 16.0 Å². The van der Waals surface area contributed by atoms with Crippen LogP contribution in [-0.2, 0) is 10.0 Å². The molecule has 0 spiro atoms. The van der Waals surface area contributed by atoms with Crippen molar-refractivity contribution in [3.05, 3.63) is 53.6 Å². The zero-order valence-electron chi connectivity index (χ0n) is 11.2. The summed E-state index contributed by atoms with van der Waals surface area (Å²) < 4.78 is 26.7. The Morgan fingerprint density at radius 3 is 2.29 bits per heavy atom. The van der Waals surface area contributed by atoms with Crippen LogP contribution in [0.25, 0.3) is 0 Å². The minimum Gasteiger partial charge on any atom is -0.478 e. The molecule has 0 atom stereocenters. The molecule has 0 radical (unpaired) electrons. The molecule has 21 heavy (non-hydrogen) atoms. The summed E-state index contributed by atoms with van der Waals surface area (Å²) in [5, 5.41) is 8.84. The van der Waals surface area contributed by atoms with Gasteiger partial charge in [0.2, 0.25) is 0 Å². The predicted molar refractivity (Wildman–Crippen MR) is 79.8 cm³/mol. The van der Waals surface area contributed by atoms with Gasteiger partial charge in [-0.15, -0.1) is 0 Å². The van der Waals surface area contributed by atoms with Crippen molar-refractivity contribution in [2.24, 2.45) is 0 Å². The maximum atomic E-state index is 12.2. The van der Waals surface area contributed by atoms with Crippen molar-refractivity contribution in [1.82, 2.24) is 0 Å². The molecule has 110 valence electrons. The van der Waals surface area contributed by atoms with Gasteiger partial charge in [-0.05, 0) is 37.3 Å². The summed E-state index contributed by atoms with van der Waals surface area (Å²) in [7, 11) is -3.76. The highest BCUT2D eigenvalue weighted by Crippen LogP contribution is 2.23. The minimum atomic E-state index is -3.76. The van der Waals surface area contributed by atoms with Crippen LogP contribution in [0.1, 0.15) is 15.9 Å². The smallest absolute Gasteiger partial charge is 0.335 e. The van der Waals surface area contributed by atoms with Crippen LogP contribution in [0.4, 0.5) is 11.4 Å². The van der Waals surface area contributed by atoms with E-state index in [1.165, 1.54) is 30.3 Å². The number of anilines is 2. The van der Waals surface area contributed by atoms with Gasteiger partial charge in [-0.25, -0.2) is 13.2 Å². The number of nitrogens with two attached hydrogens (primary N) is 1. The lowest BCUT2D eigenvalue weighted by Gasteiger charge is -2.11. The number of aromatic carboxylic acids is 1. The molecule has 0 fully saturated rings. The number of hydrogen-bond donors (Lipinski definition) is 3. The Morgan fingerprint density at radius 1 is 1.14 bits per heavy atom. The van der Waals surface area contributed by atoms with Crippen LogP contribution in [0.3, 0.4) is 0 Å². The fourth-order valence-corrected chi connectivity index (χ4v) is 2.80. The second-order valence-corrected chi connectivity index (χ2v) is 6.21. The highest BCUT2D eigenvalue weighted by molar-refractivity contribution is 7.92. The Hall–Kier alpha value is -2.54. The first kappa shape index (κ1) is 14.9. The summed E-state index contributed by atoms with van der Waals surface area (Å²) in [5.41, 5.74) is 6.80. The molecule has 6 nitrogen and oxygen atoms in total. The predicted octanol–water partition coefficient (Wildman–Crippen LogP) is 2.08.